The Morgan fingerprint density at radius 2 is 0.804 bits per heavy atom. The van der Waals surface area contributed by atoms with Crippen LogP contribution in [0.1, 0.15) is 105 Å². The standard InChI is InChI=1S/C51H48/c1-14-16-32-23-36(50(8,9)10)25-34-20-27(3)41-40-22-29(5)43-42-28(4)21-35-26-37(51(11,12)13)24-33(17-15-2)47(35)45(42)31(7)39-19-18-38(48(40)49(39)43)30(6)44(41)46(32)34/h18-26H,1-13H3. The van der Waals surface area contributed by atoms with Gasteiger partial charge in [0, 0.05) is 21.9 Å². The van der Waals surface area contributed by atoms with Gasteiger partial charge >= 0.3 is 0 Å². The minimum atomic E-state index is 0.0309. The van der Waals surface area contributed by atoms with Gasteiger partial charge in [-0.05, 0) is 175 Å². The lowest BCUT2D eigenvalue weighted by Gasteiger charge is -2.25. The second-order valence-corrected chi connectivity index (χ2v) is 17.2. The molecule has 0 spiro atoms. The molecule has 8 aromatic rings. The van der Waals surface area contributed by atoms with Crippen molar-refractivity contribution >= 4 is 75.4 Å². The highest BCUT2D eigenvalue weighted by atomic mass is 14.3. The summed E-state index contributed by atoms with van der Waals surface area (Å²) in [6.07, 6.45) is 0. The van der Waals surface area contributed by atoms with Crippen LogP contribution in [0, 0.1) is 58.3 Å². The average Bonchev–Trinajstić information content (AvgIpc) is 3.05. The number of rotatable bonds is 0. The third-order valence-electron chi connectivity index (χ3n) is 11.7. The molecule has 51 heavy (non-hydrogen) atoms. The maximum atomic E-state index is 3.54. The molecule has 0 atom stereocenters. The van der Waals surface area contributed by atoms with E-state index in [0.717, 1.165) is 11.1 Å². The molecule has 8 aromatic carbocycles. The van der Waals surface area contributed by atoms with Gasteiger partial charge in [0.05, 0.1) is 0 Å². The molecular formula is C51H48. The molecule has 0 N–H and O–H groups in total. The Labute approximate surface area is 303 Å². The van der Waals surface area contributed by atoms with Gasteiger partial charge in [0.15, 0.2) is 0 Å². The largest absolute Gasteiger partial charge is 0.101 e. The Balaban J connectivity index is 1.62. The molecule has 0 heteroatoms. The van der Waals surface area contributed by atoms with Crippen LogP contribution in [0.25, 0.3) is 75.4 Å². The zero-order valence-corrected chi connectivity index (χ0v) is 32.7. The third-order valence-corrected chi connectivity index (χ3v) is 11.7. The first-order valence-electron chi connectivity index (χ1n) is 18.5. The van der Waals surface area contributed by atoms with Crippen LogP contribution in [0.15, 0.2) is 54.6 Å². The Kier molecular flexibility index (Phi) is 7.13. The van der Waals surface area contributed by atoms with Crippen molar-refractivity contribution in [2.75, 3.05) is 0 Å². The lowest BCUT2D eigenvalue weighted by molar-refractivity contribution is 0.590. The molecule has 0 nitrogen and oxygen atoms in total. The zero-order chi connectivity index (χ0) is 36.5. The van der Waals surface area contributed by atoms with Crippen molar-refractivity contribution in [1.82, 2.24) is 0 Å². The molecular weight excluding hydrogens is 613 g/mol. The summed E-state index contributed by atoms with van der Waals surface area (Å²) >= 11 is 0. The minimum Gasteiger partial charge on any atom is -0.101 e. The molecule has 0 unspecified atom stereocenters. The van der Waals surface area contributed by atoms with Crippen LogP contribution in [-0.2, 0) is 10.8 Å². The first kappa shape index (κ1) is 33.1. The van der Waals surface area contributed by atoms with Crippen LogP contribution in [0.4, 0.5) is 0 Å². The lowest BCUT2D eigenvalue weighted by Crippen LogP contribution is -2.11. The fraction of sp³-hybridized carbons (Fsp3) is 0.294. The predicted molar refractivity (Wildman–Crippen MR) is 226 cm³/mol. The van der Waals surface area contributed by atoms with Gasteiger partial charge in [-0.1, -0.05) is 95.8 Å². The summed E-state index contributed by atoms with van der Waals surface area (Å²) < 4.78 is 0. The van der Waals surface area contributed by atoms with E-state index >= 15 is 0 Å². The second-order valence-electron chi connectivity index (χ2n) is 17.2. The molecule has 0 saturated carbocycles. The van der Waals surface area contributed by atoms with Gasteiger partial charge < -0.3 is 0 Å². The quantitative estimate of drug-likeness (QED) is 0.0863. The Morgan fingerprint density at radius 1 is 0.392 bits per heavy atom. The smallest absolute Gasteiger partial charge is 0.0332 e. The molecule has 0 saturated heterocycles. The normalized spacial score (nSPS) is 12.5. The van der Waals surface area contributed by atoms with Crippen LogP contribution >= 0.6 is 0 Å². The molecule has 0 aliphatic carbocycles. The van der Waals surface area contributed by atoms with Crippen molar-refractivity contribution < 1.29 is 0 Å². The third kappa shape index (κ3) is 4.62. The maximum absolute atomic E-state index is 3.54. The summed E-state index contributed by atoms with van der Waals surface area (Å²) in [7, 11) is 0. The van der Waals surface area contributed by atoms with Gasteiger partial charge in [0.2, 0.25) is 0 Å². The summed E-state index contributed by atoms with van der Waals surface area (Å²) in [6, 6.07) is 21.6. The number of benzene rings is 8. The van der Waals surface area contributed by atoms with Gasteiger partial charge in [-0.2, -0.15) is 0 Å². The van der Waals surface area contributed by atoms with Crippen LogP contribution < -0.4 is 0 Å². The first-order chi connectivity index (χ1) is 24.1. The number of hydrogen-bond donors (Lipinski definition) is 0. The van der Waals surface area contributed by atoms with Crippen LogP contribution in [0.5, 0.6) is 0 Å². The number of aryl methyl sites for hydroxylation is 5. The Hall–Kier alpha value is -5.04. The van der Waals surface area contributed by atoms with E-state index in [1.54, 1.807) is 0 Å². The topological polar surface area (TPSA) is 0 Å². The fourth-order valence-electron chi connectivity index (χ4n) is 9.24. The van der Waals surface area contributed by atoms with Crippen molar-refractivity contribution in [1.29, 1.82) is 0 Å². The van der Waals surface area contributed by atoms with E-state index in [-0.39, 0.29) is 10.8 Å². The van der Waals surface area contributed by atoms with E-state index in [4.69, 9.17) is 0 Å². The van der Waals surface area contributed by atoms with Gasteiger partial charge in [-0.25, -0.2) is 0 Å². The highest BCUT2D eigenvalue weighted by molar-refractivity contribution is 6.39. The average molecular weight is 661 g/mol. The van der Waals surface area contributed by atoms with E-state index in [9.17, 15) is 0 Å². The van der Waals surface area contributed by atoms with Gasteiger partial charge in [-0.15, -0.1) is 11.8 Å². The number of hydrogen-bond acceptors (Lipinski definition) is 0. The maximum Gasteiger partial charge on any atom is 0.0332 e. The summed E-state index contributed by atoms with van der Waals surface area (Å²) in [6.45, 7) is 29.3. The van der Waals surface area contributed by atoms with Crippen LogP contribution in [0.3, 0.4) is 0 Å². The Morgan fingerprint density at radius 3 is 1.27 bits per heavy atom. The van der Waals surface area contributed by atoms with Crippen molar-refractivity contribution in [3.8, 4) is 23.7 Å². The van der Waals surface area contributed by atoms with Gasteiger partial charge in [-0.3, -0.25) is 0 Å². The molecule has 0 aliphatic heterocycles. The molecule has 0 aliphatic rings. The summed E-state index contributed by atoms with van der Waals surface area (Å²) in [5.74, 6) is 13.6. The molecule has 0 fully saturated rings. The zero-order valence-electron chi connectivity index (χ0n) is 32.7. The monoisotopic (exact) mass is 660 g/mol. The van der Waals surface area contributed by atoms with E-state index in [1.165, 1.54) is 114 Å². The van der Waals surface area contributed by atoms with Crippen LogP contribution in [-0.4, -0.2) is 0 Å². The van der Waals surface area contributed by atoms with Crippen molar-refractivity contribution in [2.24, 2.45) is 0 Å². The van der Waals surface area contributed by atoms with Crippen molar-refractivity contribution in [3.05, 3.63) is 105 Å². The summed E-state index contributed by atoms with van der Waals surface area (Å²) in [4.78, 5) is 0. The highest BCUT2D eigenvalue weighted by Gasteiger charge is 2.25. The molecule has 8 rings (SSSR count). The molecule has 0 heterocycles. The highest BCUT2D eigenvalue weighted by Crippen LogP contribution is 2.50. The predicted octanol–water partition coefficient (Wildman–Crippen LogP) is 14.1. The summed E-state index contributed by atoms with van der Waals surface area (Å²) in [5, 5.41) is 18.7. The molecule has 0 aromatic heterocycles. The molecule has 252 valence electrons. The van der Waals surface area contributed by atoms with Crippen molar-refractivity contribution in [3.63, 3.8) is 0 Å². The minimum absolute atomic E-state index is 0.0309. The second kappa shape index (κ2) is 11.0. The van der Waals surface area contributed by atoms with Crippen molar-refractivity contribution in [2.45, 2.75) is 101 Å². The SMILES string of the molecule is CC#Cc1cc(C(C)(C)C)cc2cc(C)c3c4cc(C)c5c6c(C)cc7cc(C(C)(C)C)cc(C#CC)c7c6c(C)c6ccc(c(C)c3c12)c4c65. The molecule has 0 bridgehead atoms. The van der Waals surface area contributed by atoms with E-state index in [0.29, 0.717) is 0 Å². The summed E-state index contributed by atoms with van der Waals surface area (Å²) in [5.41, 5.74) is 11.6. The first-order valence-corrected chi connectivity index (χ1v) is 18.5. The van der Waals surface area contributed by atoms with E-state index in [2.05, 4.69) is 154 Å². The van der Waals surface area contributed by atoms with Crippen LogP contribution in [0.2, 0.25) is 0 Å². The fourth-order valence-corrected chi connectivity index (χ4v) is 9.24. The van der Waals surface area contributed by atoms with E-state index < -0.39 is 0 Å². The lowest BCUT2D eigenvalue weighted by atomic mass is 9.78. The molecule has 0 radical (unpaired) electrons. The number of fused-ring (bicyclic) bond motifs is 8. The van der Waals surface area contributed by atoms with Gasteiger partial charge in [0.25, 0.3) is 0 Å². The molecule has 0 amide bonds. The van der Waals surface area contributed by atoms with E-state index in [1.807, 2.05) is 13.8 Å². The Bertz CT molecular complexity index is 2980. The van der Waals surface area contributed by atoms with Gasteiger partial charge in [0.1, 0.15) is 0 Å².